The number of carbonyl (C=O) groups excluding carboxylic acids is 2. The molecule has 0 spiro atoms. The molecule has 1 aliphatic carbocycles. The van der Waals surface area contributed by atoms with Gasteiger partial charge in [0, 0.05) is 18.7 Å². The van der Waals surface area contributed by atoms with Gasteiger partial charge in [-0.25, -0.2) is 4.79 Å². The standard InChI is InChI=1S/C17H21NO4.C7H8N4O/c19-15(16(20)18-10-4-9-14(18)17(21)22)13-8-3-6-11-5-1-2-7-12(11)13;8-6(9)5-2-1-4(3-11-5)7(10)12/h1-2,5,7,13-15,19H,3-4,6,8-10H2,(H,21,22);1-3H,(H3,8,9)(H2,10,12)/t13?,14-,15?;/m0./s1. The number of aliphatic carboxylic acids is 1. The summed E-state index contributed by atoms with van der Waals surface area (Å²) < 4.78 is 0. The van der Waals surface area contributed by atoms with Crippen LogP contribution in [0, 0.1) is 5.41 Å². The van der Waals surface area contributed by atoms with Gasteiger partial charge in [-0.2, -0.15) is 0 Å². The number of amides is 2. The predicted molar refractivity (Wildman–Crippen MR) is 124 cm³/mol. The number of carboxylic acids is 1. The van der Waals surface area contributed by atoms with Crippen LogP contribution in [0.25, 0.3) is 0 Å². The number of carbonyl (C=O) groups is 3. The van der Waals surface area contributed by atoms with Crippen LogP contribution in [0.2, 0.25) is 0 Å². The van der Waals surface area contributed by atoms with E-state index in [-0.39, 0.29) is 11.8 Å². The maximum atomic E-state index is 12.6. The molecular weight excluding hydrogens is 438 g/mol. The molecule has 34 heavy (non-hydrogen) atoms. The molecule has 180 valence electrons. The molecule has 0 saturated carbocycles. The summed E-state index contributed by atoms with van der Waals surface area (Å²) in [5.41, 5.74) is 13.0. The van der Waals surface area contributed by atoms with Crippen molar-refractivity contribution in [3.63, 3.8) is 0 Å². The molecule has 0 bridgehead atoms. The highest BCUT2D eigenvalue weighted by atomic mass is 16.4. The minimum Gasteiger partial charge on any atom is -0.480 e. The largest absolute Gasteiger partial charge is 0.480 e. The molecule has 2 aromatic rings. The van der Waals surface area contributed by atoms with Crippen molar-refractivity contribution < 1.29 is 24.6 Å². The van der Waals surface area contributed by atoms with E-state index < -0.39 is 29.9 Å². The number of nitrogens with two attached hydrogens (primary N) is 2. The number of likely N-dealkylation sites (tertiary alicyclic amines) is 1. The van der Waals surface area contributed by atoms with Gasteiger partial charge in [0.05, 0.1) is 5.56 Å². The third-order valence-corrected chi connectivity index (χ3v) is 6.19. The van der Waals surface area contributed by atoms with Crippen molar-refractivity contribution >= 4 is 23.6 Å². The lowest BCUT2D eigenvalue weighted by atomic mass is 9.79. The van der Waals surface area contributed by atoms with E-state index in [2.05, 4.69) is 4.98 Å². The third-order valence-electron chi connectivity index (χ3n) is 6.19. The summed E-state index contributed by atoms with van der Waals surface area (Å²) in [5.74, 6) is -2.33. The number of aryl methyl sites for hydroxylation is 1. The lowest BCUT2D eigenvalue weighted by Crippen LogP contribution is -2.47. The summed E-state index contributed by atoms with van der Waals surface area (Å²) in [6.45, 7) is 0.418. The minimum atomic E-state index is -1.15. The fraction of sp³-hybridized carbons (Fsp3) is 0.375. The van der Waals surface area contributed by atoms with E-state index in [1.54, 1.807) is 0 Å². The Morgan fingerprint density at radius 2 is 1.82 bits per heavy atom. The van der Waals surface area contributed by atoms with Crippen LogP contribution < -0.4 is 11.5 Å². The van der Waals surface area contributed by atoms with E-state index >= 15 is 0 Å². The average molecular weight is 468 g/mol. The Morgan fingerprint density at radius 3 is 2.44 bits per heavy atom. The first-order valence-corrected chi connectivity index (χ1v) is 11.1. The van der Waals surface area contributed by atoms with E-state index in [1.165, 1.54) is 28.8 Å². The first-order valence-electron chi connectivity index (χ1n) is 11.1. The Kier molecular flexibility index (Phi) is 7.95. The summed E-state index contributed by atoms with van der Waals surface area (Å²) in [7, 11) is 0. The molecule has 0 radical (unpaired) electrons. The molecule has 10 nitrogen and oxygen atoms in total. The molecule has 1 aromatic heterocycles. The number of carboxylic acid groups (broad SMARTS) is 1. The van der Waals surface area contributed by atoms with Gasteiger partial charge in [-0.05, 0) is 55.4 Å². The van der Waals surface area contributed by atoms with Gasteiger partial charge in [0.25, 0.3) is 5.91 Å². The Labute approximate surface area is 197 Å². The summed E-state index contributed by atoms with van der Waals surface area (Å²) >= 11 is 0. The second-order valence-corrected chi connectivity index (χ2v) is 8.38. The molecule has 2 unspecified atom stereocenters. The number of amidine groups is 1. The van der Waals surface area contributed by atoms with Crippen LogP contribution in [-0.4, -0.2) is 62.4 Å². The van der Waals surface area contributed by atoms with Gasteiger partial charge in [0.1, 0.15) is 23.7 Å². The fourth-order valence-corrected chi connectivity index (χ4v) is 4.45. The van der Waals surface area contributed by atoms with Gasteiger partial charge < -0.3 is 26.6 Å². The van der Waals surface area contributed by atoms with Crippen molar-refractivity contribution in [2.45, 2.75) is 50.2 Å². The molecule has 2 aliphatic rings. The number of pyridine rings is 1. The van der Waals surface area contributed by atoms with Crippen molar-refractivity contribution in [3.05, 3.63) is 65.0 Å². The smallest absolute Gasteiger partial charge is 0.326 e. The number of hydrogen-bond acceptors (Lipinski definition) is 6. The number of nitrogens with zero attached hydrogens (tertiary/aromatic N) is 2. The molecular formula is C24H29N5O5. The van der Waals surface area contributed by atoms with E-state index in [9.17, 15) is 24.6 Å². The third kappa shape index (κ3) is 5.57. The molecule has 3 atom stereocenters. The van der Waals surface area contributed by atoms with E-state index in [4.69, 9.17) is 16.9 Å². The Bertz CT molecular complexity index is 1040. The van der Waals surface area contributed by atoms with Crippen LogP contribution in [0.15, 0.2) is 42.6 Å². The van der Waals surface area contributed by atoms with Crippen molar-refractivity contribution in [1.82, 2.24) is 9.88 Å². The Morgan fingerprint density at radius 1 is 1.09 bits per heavy atom. The van der Waals surface area contributed by atoms with Gasteiger partial charge >= 0.3 is 5.97 Å². The summed E-state index contributed by atoms with van der Waals surface area (Å²) in [6, 6.07) is 10.1. The second kappa shape index (κ2) is 10.9. The maximum Gasteiger partial charge on any atom is 0.326 e. The number of aromatic nitrogens is 1. The van der Waals surface area contributed by atoms with Gasteiger partial charge in [-0.1, -0.05) is 24.3 Å². The van der Waals surface area contributed by atoms with E-state index in [0.717, 1.165) is 24.8 Å². The van der Waals surface area contributed by atoms with E-state index in [1.807, 2.05) is 24.3 Å². The second-order valence-electron chi connectivity index (χ2n) is 8.38. The molecule has 2 amide bonds. The number of nitrogens with one attached hydrogen (secondary N) is 1. The molecule has 1 aromatic carbocycles. The molecule has 1 aliphatic heterocycles. The molecule has 2 heterocycles. The highest BCUT2D eigenvalue weighted by Gasteiger charge is 2.40. The van der Waals surface area contributed by atoms with Crippen LogP contribution >= 0.6 is 0 Å². The zero-order chi connectivity index (χ0) is 24.8. The van der Waals surface area contributed by atoms with Crippen molar-refractivity contribution in [3.8, 4) is 0 Å². The quantitative estimate of drug-likeness (QED) is 0.321. The Balaban J connectivity index is 0.000000229. The lowest BCUT2D eigenvalue weighted by Gasteiger charge is -2.32. The van der Waals surface area contributed by atoms with Gasteiger partial charge in [-0.3, -0.25) is 20.0 Å². The van der Waals surface area contributed by atoms with Crippen molar-refractivity contribution in [2.24, 2.45) is 11.5 Å². The van der Waals surface area contributed by atoms with Crippen molar-refractivity contribution in [2.75, 3.05) is 6.54 Å². The van der Waals surface area contributed by atoms with Crippen molar-refractivity contribution in [1.29, 1.82) is 5.41 Å². The fourth-order valence-electron chi connectivity index (χ4n) is 4.45. The van der Waals surface area contributed by atoms with Gasteiger partial charge in [0.15, 0.2) is 0 Å². The topological polar surface area (TPSA) is 184 Å². The summed E-state index contributed by atoms with van der Waals surface area (Å²) in [5, 5.41) is 26.8. The number of hydrogen-bond donors (Lipinski definition) is 5. The van der Waals surface area contributed by atoms with Crippen LogP contribution in [-0.2, 0) is 16.0 Å². The number of fused-ring (bicyclic) bond motifs is 1. The average Bonchev–Trinajstić information content (AvgIpc) is 3.33. The molecule has 7 N–H and O–H groups in total. The lowest BCUT2D eigenvalue weighted by molar-refractivity contribution is -0.152. The molecule has 10 heteroatoms. The normalized spacial score (nSPS) is 19.9. The summed E-state index contributed by atoms with van der Waals surface area (Å²) in [4.78, 5) is 39.5. The predicted octanol–water partition coefficient (Wildman–Crippen LogP) is 1.01. The number of benzene rings is 1. The number of aliphatic hydroxyl groups is 1. The number of primary amides is 1. The SMILES string of the molecule is N=C(N)c1ccc(C(N)=O)cn1.O=C(O)[C@@H]1CCCN1C(=O)C(O)C1CCCc2ccccc21. The van der Waals surface area contributed by atoms with Crippen LogP contribution in [0.1, 0.15) is 58.8 Å². The number of aliphatic hydroxyl groups excluding tert-OH is 1. The zero-order valence-electron chi connectivity index (χ0n) is 18.7. The Hall–Kier alpha value is -3.79. The monoisotopic (exact) mass is 467 g/mol. The minimum absolute atomic E-state index is 0.133. The highest BCUT2D eigenvalue weighted by molar-refractivity contribution is 5.95. The molecule has 4 rings (SSSR count). The van der Waals surface area contributed by atoms with Crippen LogP contribution in [0.5, 0.6) is 0 Å². The number of rotatable bonds is 5. The van der Waals surface area contributed by atoms with Crippen LogP contribution in [0.3, 0.4) is 0 Å². The molecule has 1 fully saturated rings. The van der Waals surface area contributed by atoms with Gasteiger partial charge in [0.2, 0.25) is 5.91 Å². The first-order chi connectivity index (χ1) is 16.2. The maximum absolute atomic E-state index is 12.6. The zero-order valence-corrected chi connectivity index (χ0v) is 18.7. The molecule has 1 saturated heterocycles. The summed E-state index contributed by atoms with van der Waals surface area (Å²) in [6.07, 6.45) is 3.95. The highest BCUT2D eigenvalue weighted by Crippen LogP contribution is 2.35. The van der Waals surface area contributed by atoms with E-state index in [0.29, 0.717) is 30.6 Å². The van der Waals surface area contributed by atoms with Gasteiger partial charge in [-0.15, -0.1) is 0 Å². The van der Waals surface area contributed by atoms with Crippen LogP contribution in [0.4, 0.5) is 0 Å². The number of nitrogen functional groups attached to an aromatic ring is 1. The first kappa shape index (κ1) is 24.8.